The van der Waals surface area contributed by atoms with Crippen molar-refractivity contribution < 1.29 is 23.2 Å². The van der Waals surface area contributed by atoms with Crippen LogP contribution in [0.15, 0.2) is 54.7 Å². The summed E-state index contributed by atoms with van der Waals surface area (Å²) in [5, 5.41) is 5.94. The molecule has 0 saturated heterocycles. The van der Waals surface area contributed by atoms with Crippen LogP contribution in [0.2, 0.25) is 10.0 Å². The normalized spacial score (nSPS) is 15.6. The summed E-state index contributed by atoms with van der Waals surface area (Å²) in [4.78, 5) is 46.0. The fourth-order valence-electron chi connectivity index (χ4n) is 4.01. The van der Waals surface area contributed by atoms with Crippen LogP contribution in [-0.2, 0) is 9.59 Å². The molecule has 198 valence electrons. The fourth-order valence-corrected chi connectivity index (χ4v) is 4.52. The van der Waals surface area contributed by atoms with Gasteiger partial charge >= 0.3 is 0 Å². The molecule has 4 rings (SSSR count). The Kier molecular flexibility index (Phi) is 7.57. The zero-order valence-electron chi connectivity index (χ0n) is 20.6. The zero-order valence-corrected chi connectivity index (χ0v) is 22.1. The summed E-state index contributed by atoms with van der Waals surface area (Å²) in [6.45, 7) is 2.86. The van der Waals surface area contributed by atoms with Crippen LogP contribution < -0.4 is 20.4 Å². The Morgan fingerprint density at radius 3 is 2.29 bits per heavy atom. The van der Waals surface area contributed by atoms with Crippen molar-refractivity contribution in [3.63, 3.8) is 0 Å². The number of benzene rings is 2. The van der Waals surface area contributed by atoms with Crippen LogP contribution in [-0.4, -0.2) is 47.9 Å². The van der Waals surface area contributed by atoms with Gasteiger partial charge in [0, 0.05) is 22.8 Å². The number of fused-ring (bicyclic) bond motifs is 1. The maximum atomic E-state index is 14.2. The highest BCUT2D eigenvalue weighted by atomic mass is 35.5. The molecule has 38 heavy (non-hydrogen) atoms. The predicted molar refractivity (Wildman–Crippen MR) is 141 cm³/mol. The molecular formula is C26H23Cl2F2N5O3. The van der Waals surface area contributed by atoms with E-state index >= 15 is 0 Å². The summed E-state index contributed by atoms with van der Waals surface area (Å²) in [5.41, 5.74) is -0.279. The van der Waals surface area contributed by atoms with Gasteiger partial charge in [-0.3, -0.25) is 14.4 Å². The number of anilines is 3. The molecule has 12 heteroatoms. The lowest BCUT2D eigenvalue weighted by molar-refractivity contribution is -0.130. The van der Waals surface area contributed by atoms with Crippen molar-refractivity contribution in [2.45, 2.75) is 25.4 Å². The first kappa shape index (κ1) is 27.3. The summed E-state index contributed by atoms with van der Waals surface area (Å²) in [6, 6.07) is 9.97. The standard InChI is InChI=1S/C26H23Cl2F2N5O3/c1-26(2,33-23(36)19-6-4-17(30)12-31-19)25(38)32-20-13-35(18-9-14(27)8-15(28)10-18)21-7-5-16(29)11-22(21)34(3)24(20)37/h4-12,20H,13H2,1-3H3,(H,32,38)(H,33,36)/t20-/m1/s1. The minimum atomic E-state index is -1.48. The van der Waals surface area contributed by atoms with Gasteiger partial charge in [0.05, 0.1) is 24.1 Å². The number of amides is 3. The van der Waals surface area contributed by atoms with Gasteiger partial charge in [-0.25, -0.2) is 13.8 Å². The van der Waals surface area contributed by atoms with Crippen molar-refractivity contribution in [1.29, 1.82) is 0 Å². The first-order valence-corrected chi connectivity index (χ1v) is 12.2. The van der Waals surface area contributed by atoms with Gasteiger partial charge < -0.3 is 20.4 Å². The number of nitrogens with zero attached hydrogens (tertiary/aromatic N) is 3. The number of carbonyl (C=O) groups excluding carboxylic acids is 3. The molecule has 1 aliphatic heterocycles. The van der Waals surface area contributed by atoms with Crippen molar-refractivity contribution in [3.8, 4) is 0 Å². The van der Waals surface area contributed by atoms with E-state index in [-0.39, 0.29) is 17.9 Å². The first-order valence-electron chi connectivity index (χ1n) is 11.4. The molecule has 8 nitrogen and oxygen atoms in total. The van der Waals surface area contributed by atoms with Crippen molar-refractivity contribution in [2.24, 2.45) is 0 Å². The molecule has 2 aromatic carbocycles. The molecule has 0 radical (unpaired) electrons. The van der Waals surface area contributed by atoms with E-state index in [1.54, 1.807) is 23.1 Å². The summed E-state index contributed by atoms with van der Waals surface area (Å²) in [6.07, 6.45) is 0.888. The largest absolute Gasteiger partial charge is 0.341 e. The number of hydrogen-bond acceptors (Lipinski definition) is 5. The molecule has 1 aliphatic rings. The van der Waals surface area contributed by atoms with Gasteiger partial charge in [-0.15, -0.1) is 0 Å². The van der Waals surface area contributed by atoms with Crippen molar-refractivity contribution in [2.75, 3.05) is 23.4 Å². The van der Waals surface area contributed by atoms with Crippen LogP contribution in [0.5, 0.6) is 0 Å². The molecule has 2 N–H and O–H groups in total. The fraction of sp³-hybridized carbons (Fsp3) is 0.231. The average Bonchev–Trinajstić information content (AvgIpc) is 2.94. The van der Waals surface area contributed by atoms with Crippen LogP contribution in [0.25, 0.3) is 0 Å². The van der Waals surface area contributed by atoms with Gasteiger partial charge in [0.25, 0.3) is 11.8 Å². The molecule has 2 heterocycles. The van der Waals surface area contributed by atoms with E-state index in [0.717, 1.165) is 12.3 Å². The number of hydrogen-bond donors (Lipinski definition) is 2. The lowest BCUT2D eigenvalue weighted by Gasteiger charge is -2.30. The topological polar surface area (TPSA) is 94.6 Å². The second-order valence-electron chi connectivity index (χ2n) is 9.24. The van der Waals surface area contributed by atoms with Gasteiger partial charge in [0.1, 0.15) is 28.9 Å². The smallest absolute Gasteiger partial charge is 0.270 e. The van der Waals surface area contributed by atoms with Crippen molar-refractivity contribution in [3.05, 3.63) is 82.1 Å². The third kappa shape index (κ3) is 5.71. The molecule has 0 fully saturated rings. The summed E-state index contributed by atoms with van der Waals surface area (Å²) in [5.74, 6) is -3.04. The number of aromatic nitrogens is 1. The minimum absolute atomic E-state index is 0.0479. The van der Waals surface area contributed by atoms with E-state index in [1.807, 2.05) is 0 Å². The monoisotopic (exact) mass is 561 g/mol. The summed E-state index contributed by atoms with van der Waals surface area (Å²) >= 11 is 12.4. The Morgan fingerprint density at radius 2 is 1.66 bits per heavy atom. The number of rotatable bonds is 5. The summed E-state index contributed by atoms with van der Waals surface area (Å²) in [7, 11) is 1.47. The third-order valence-electron chi connectivity index (χ3n) is 6.00. The second-order valence-corrected chi connectivity index (χ2v) is 10.1. The lowest BCUT2D eigenvalue weighted by Crippen LogP contribution is -2.60. The van der Waals surface area contributed by atoms with Gasteiger partial charge in [0.15, 0.2) is 0 Å². The molecule has 0 unspecified atom stereocenters. The lowest BCUT2D eigenvalue weighted by atomic mass is 10.0. The molecule has 3 aromatic rings. The van der Waals surface area contributed by atoms with Crippen LogP contribution in [0.4, 0.5) is 25.8 Å². The van der Waals surface area contributed by atoms with E-state index in [9.17, 15) is 23.2 Å². The zero-order chi connectivity index (χ0) is 27.8. The minimum Gasteiger partial charge on any atom is -0.341 e. The molecule has 0 spiro atoms. The Labute approximate surface area is 227 Å². The third-order valence-corrected chi connectivity index (χ3v) is 6.44. The molecule has 1 aromatic heterocycles. The average molecular weight is 562 g/mol. The number of halogens is 4. The maximum absolute atomic E-state index is 14.2. The van der Waals surface area contributed by atoms with Crippen molar-refractivity contribution >= 4 is 58.0 Å². The molecular weight excluding hydrogens is 539 g/mol. The molecule has 1 atom stereocenters. The molecule has 0 saturated carbocycles. The molecule has 0 aliphatic carbocycles. The summed E-state index contributed by atoms with van der Waals surface area (Å²) < 4.78 is 27.4. The Hall–Kier alpha value is -3.76. The van der Waals surface area contributed by atoms with E-state index in [1.165, 1.54) is 50.1 Å². The SMILES string of the molecule is CN1C(=O)[C@H](NC(=O)C(C)(C)NC(=O)c2ccc(F)cn2)CN(c2cc(Cl)cc(Cl)c2)c2ccc(F)cc21. The van der Waals surface area contributed by atoms with Crippen molar-refractivity contribution in [1.82, 2.24) is 15.6 Å². The van der Waals surface area contributed by atoms with Crippen LogP contribution >= 0.6 is 23.2 Å². The number of likely N-dealkylation sites (N-methyl/N-ethyl adjacent to an activating group) is 1. The highest BCUT2D eigenvalue weighted by Gasteiger charge is 2.38. The molecule has 0 bridgehead atoms. The van der Waals surface area contributed by atoms with E-state index < -0.39 is 40.9 Å². The van der Waals surface area contributed by atoms with E-state index in [4.69, 9.17) is 23.2 Å². The highest BCUT2D eigenvalue weighted by molar-refractivity contribution is 6.35. The maximum Gasteiger partial charge on any atom is 0.270 e. The van der Waals surface area contributed by atoms with E-state index in [0.29, 0.717) is 21.4 Å². The van der Waals surface area contributed by atoms with Gasteiger partial charge in [-0.2, -0.15) is 0 Å². The number of pyridine rings is 1. The van der Waals surface area contributed by atoms with Crippen LogP contribution in [0, 0.1) is 11.6 Å². The Balaban J connectivity index is 1.64. The second kappa shape index (κ2) is 10.5. The van der Waals surface area contributed by atoms with Crippen LogP contribution in [0.1, 0.15) is 24.3 Å². The predicted octanol–water partition coefficient (Wildman–Crippen LogP) is 4.47. The number of carbonyl (C=O) groups is 3. The quantitative estimate of drug-likeness (QED) is 0.479. The highest BCUT2D eigenvalue weighted by Crippen LogP contribution is 2.39. The Morgan fingerprint density at radius 1 is 1.00 bits per heavy atom. The molecule has 3 amide bonds. The van der Waals surface area contributed by atoms with Gasteiger partial charge in [-0.05, 0) is 62.4 Å². The number of nitrogens with one attached hydrogen (secondary N) is 2. The van der Waals surface area contributed by atoms with Crippen LogP contribution in [0.3, 0.4) is 0 Å². The van der Waals surface area contributed by atoms with Gasteiger partial charge in [0.2, 0.25) is 5.91 Å². The Bertz CT molecular complexity index is 1400. The van der Waals surface area contributed by atoms with Gasteiger partial charge in [-0.1, -0.05) is 23.2 Å². The van der Waals surface area contributed by atoms with E-state index in [2.05, 4.69) is 15.6 Å². The first-order chi connectivity index (χ1) is 17.9.